The zero-order valence-corrected chi connectivity index (χ0v) is 19.8. The third-order valence-electron chi connectivity index (χ3n) is 5.12. The van der Waals surface area contributed by atoms with Crippen LogP contribution in [0.4, 0.5) is 21.5 Å². The summed E-state index contributed by atoms with van der Waals surface area (Å²) in [5.41, 5.74) is 2.70. The van der Waals surface area contributed by atoms with Gasteiger partial charge in [0.2, 0.25) is 5.17 Å². The van der Waals surface area contributed by atoms with E-state index in [1.807, 2.05) is 60.7 Å². The zero-order chi connectivity index (χ0) is 24.7. The van der Waals surface area contributed by atoms with Crippen molar-refractivity contribution in [1.29, 1.82) is 0 Å². The van der Waals surface area contributed by atoms with Crippen LogP contribution < -0.4 is 4.90 Å². The smallest absolute Gasteiger partial charge is 0.202 e. The van der Waals surface area contributed by atoms with Crippen molar-refractivity contribution >= 4 is 51.1 Å². The molecular weight excluding hydrogens is 473 g/mol. The number of thioether (sulfide) groups is 1. The highest BCUT2D eigenvalue weighted by molar-refractivity contribution is 8.29. The van der Waals surface area contributed by atoms with Gasteiger partial charge in [0.25, 0.3) is 0 Å². The number of hydrogen-bond acceptors (Lipinski definition) is 6. The van der Waals surface area contributed by atoms with Crippen LogP contribution in [0, 0.1) is 5.82 Å². The quantitative estimate of drug-likeness (QED) is 0.242. The Morgan fingerprint density at radius 2 is 1.33 bits per heavy atom. The minimum atomic E-state index is -0.346. The third kappa shape index (κ3) is 5.39. The van der Waals surface area contributed by atoms with Crippen molar-refractivity contribution < 1.29 is 9.50 Å². The summed E-state index contributed by atoms with van der Waals surface area (Å²) in [6.45, 7) is 0. The van der Waals surface area contributed by atoms with Gasteiger partial charge in [-0.1, -0.05) is 48.5 Å². The normalized spacial score (nSPS) is 17.0. The number of phenols is 1. The number of phenolic OH excluding ortho intramolecular Hbond substituents is 1. The van der Waals surface area contributed by atoms with Crippen LogP contribution >= 0.6 is 11.8 Å². The predicted octanol–water partition coefficient (Wildman–Crippen LogP) is 6.94. The maximum Gasteiger partial charge on any atom is 0.202 e. The maximum absolute atomic E-state index is 13.8. The Hall–Kier alpha value is -4.56. The lowest BCUT2D eigenvalue weighted by Gasteiger charge is -2.18. The lowest BCUT2D eigenvalue weighted by molar-refractivity contribution is 0.474. The number of aliphatic imine (C=N–C) groups is 2. The SMILES string of the molecule is Oc1ccccc1/C=N\N=C1\SC(=Nc2ccccc2)C(=Nc2ccccc2)N1c1ccc(F)cc1. The first kappa shape index (κ1) is 23.2. The second-order valence-corrected chi connectivity index (χ2v) is 8.58. The first-order valence-corrected chi connectivity index (χ1v) is 11.9. The van der Waals surface area contributed by atoms with Crippen molar-refractivity contribution in [2.75, 3.05) is 4.90 Å². The predicted molar refractivity (Wildman–Crippen MR) is 147 cm³/mol. The Kier molecular flexibility index (Phi) is 6.95. The number of amidine groups is 2. The van der Waals surface area contributed by atoms with Gasteiger partial charge in [-0.05, 0) is 72.4 Å². The van der Waals surface area contributed by atoms with Crippen LogP contribution in [-0.2, 0) is 0 Å². The van der Waals surface area contributed by atoms with Crippen molar-refractivity contribution in [3.05, 3.63) is 121 Å². The molecular formula is C28H20FN5OS. The molecule has 1 heterocycles. The van der Waals surface area contributed by atoms with Gasteiger partial charge in [-0.25, -0.2) is 14.4 Å². The summed E-state index contributed by atoms with van der Waals surface area (Å²) in [4.78, 5) is 11.5. The highest BCUT2D eigenvalue weighted by Gasteiger charge is 2.35. The largest absolute Gasteiger partial charge is 0.507 e. The fraction of sp³-hybridized carbons (Fsp3) is 0. The average molecular weight is 494 g/mol. The van der Waals surface area contributed by atoms with Gasteiger partial charge in [-0.2, -0.15) is 5.10 Å². The number of benzene rings is 4. The van der Waals surface area contributed by atoms with E-state index in [2.05, 4.69) is 10.2 Å². The lowest BCUT2D eigenvalue weighted by atomic mass is 10.2. The monoisotopic (exact) mass is 493 g/mol. The molecule has 8 heteroatoms. The summed E-state index contributed by atoms with van der Waals surface area (Å²) in [6.07, 6.45) is 1.48. The molecule has 1 N–H and O–H groups in total. The molecule has 1 saturated heterocycles. The molecule has 0 bridgehead atoms. The molecule has 0 amide bonds. The first-order valence-electron chi connectivity index (χ1n) is 11.1. The second kappa shape index (κ2) is 10.8. The molecule has 176 valence electrons. The minimum absolute atomic E-state index is 0.105. The molecule has 36 heavy (non-hydrogen) atoms. The van der Waals surface area contributed by atoms with Crippen LogP contribution in [0.25, 0.3) is 0 Å². The van der Waals surface area contributed by atoms with Crippen molar-refractivity contribution in [1.82, 2.24) is 0 Å². The zero-order valence-electron chi connectivity index (χ0n) is 18.9. The van der Waals surface area contributed by atoms with Gasteiger partial charge < -0.3 is 5.11 Å². The number of halogens is 1. The van der Waals surface area contributed by atoms with E-state index in [9.17, 15) is 9.50 Å². The van der Waals surface area contributed by atoms with Gasteiger partial charge in [0, 0.05) is 11.3 Å². The topological polar surface area (TPSA) is 72.9 Å². The maximum atomic E-state index is 13.8. The molecule has 4 aromatic rings. The van der Waals surface area contributed by atoms with Gasteiger partial charge in [0.05, 0.1) is 17.6 Å². The Morgan fingerprint density at radius 3 is 2.00 bits per heavy atom. The second-order valence-electron chi connectivity index (χ2n) is 7.62. The third-order valence-corrected chi connectivity index (χ3v) is 6.04. The molecule has 0 aliphatic carbocycles. The fourth-order valence-corrected chi connectivity index (χ4v) is 4.33. The molecule has 1 aliphatic heterocycles. The summed E-state index contributed by atoms with van der Waals surface area (Å²) < 4.78 is 13.8. The van der Waals surface area contributed by atoms with Crippen molar-refractivity contribution in [3.63, 3.8) is 0 Å². The Labute approximate surface area is 211 Å². The van der Waals surface area contributed by atoms with E-state index in [4.69, 9.17) is 9.98 Å². The Morgan fingerprint density at radius 1 is 0.722 bits per heavy atom. The molecule has 4 aromatic carbocycles. The van der Waals surface area contributed by atoms with Gasteiger partial charge in [0.1, 0.15) is 16.6 Å². The summed E-state index contributed by atoms with van der Waals surface area (Å²) in [5, 5.41) is 19.8. The number of aromatic hydroxyl groups is 1. The van der Waals surface area contributed by atoms with Crippen LogP contribution in [0.1, 0.15) is 5.56 Å². The van der Waals surface area contributed by atoms with Gasteiger partial charge in [-0.15, -0.1) is 5.10 Å². The summed E-state index contributed by atoms with van der Waals surface area (Å²) in [6, 6.07) is 32.0. The van der Waals surface area contributed by atoms with Crippen molar-refractivity contribution in [3.8, 4) is 5.75 Å². The molecule has 0 spiro atoms. The lowest BCUT2D eigenvalue weighted by Crippen LogP contribution is -2.30. The first-order chi connectivity index (χ1) is 17.7. The van der Waals surface area contributed by atoms with Crippen LogP contribution in [-0.4, -0.2) is 27.4 Å². The summed E-state index contributed by atoms with van der Waals surface area (Å²) in [7, 11) is 0. The number of para-hydroxylation sites is 3. The molecule has 0 unspecified atom stereocenters. The summed E-state index contributed by atoms with van der Waals surface area (Å²) in [5.74, 6) is 0.299. The number of rotatable bonds is 5. The van der Waals surface area contributed by atoms with Crippen LogP contribution in [0.15, 0.2) is 129 Å². The van der Waals surface area contributed by atoms with E-state index in [-0.39, 0.29) is 11.6 Å². The van der Waals surface area contributed by atoms with E-state index >= 15 is 0 Å². The van der Waals surface area contributed by atoms with Crippen LogP contribution in [0.5, 0.6) is 5.75 Å². The Bertz CT molecular complexity index is 1470. The number of nitrogens with zero attached hydrogens (tertiary/aromatic N) is 5. The van der Waals surface area contributed by atoms with E-state index in [0.717, 1.165) is 11.4 Å². The molecule has 1 fully saturated rings. The van der Waals surface area contributed by atoms with Gasteiger partial charge in [0.15, 0.2) is 5.84 Å². The van der Waals surface area contributed by atoms with Crippen molar-refractivity contribution in [2.24, 2.45) is 20.2 Å². The van der Waals surface area contributed by atoms with E-state index in [0.29, 0.717) is 27.3 Å². The highest BCUT2D eigenvalue weighted by Crippen LogP contribution is 2.33. The van der Waals surface area contributed by atoms with Gasteiger partial charge in [-0.3, -0.25) is 4.90 Å². The van der Waals surface area contributed by atoms with E-state index in [1.165, 1.54) is 30.1 Å². The van der Waals surface area contributed by atoms with E-state index in [1.54, 1.807) is 41.3 Å². The highest BCUT2D eigenvalue weighted by atomic mass is 32.2. The molecule has 0 aromatic heterocycles. The molecule has 0 radical (unpaired) electrons. The van der Waals surface area contributed by atoms with Crippen molar-refractivity contribution in [2.45, 2.75) is 0 Å². The standard InChI is InChI=1S/C28H20FN5OS/c29-21-15-17-24(18-16-21)34-26(31-22-10-3-1-4-11-22)27(32-23-12-5-2-6-13-23)36-28(34)33-30-19-20-9-7-8-14-25(20)35/h1-19,35H/b30-19-,31-26?,32-27?,33-28+. The van der Waals surface area contributed by atoms with Crippen LogP contribution in [0.2, 0.25) is 0 Å². The Balaban J connectivity index is 1.63. The number of anilines is 1. The minimum Gasteiger partial charge on any atom is -0.507 e. The molecule has 1 aliphatic rings. The van der Waals surface area contributed by atoms with Gasteiger partial charge >= 0.3 is 0 Å². The molecule has 5 rings (SSSR count). The summed E-state index contributed by atoms with van der Waals surface area (Å²) >= 11 is 1.30. The molecule has 0 saturated carbocycles. The van der Waals surface area contributed by atoms with Crippen LogP contribution in [0.3, 0.4) is 0 Å². The van der Waals surface area contributed by atoms with E-state index < -0.39 is 0 Å². The molecule has 0 atom stereocenters. The molecule has 6 nitrogen and oxygen atoms in total. The fourth-order valence-electron chi connectivity index (χ4n) is 3.40. The number of hydrogen-bond donors (Lipinski definition) is 1. The average Bonchev–Trinajstić information content (AvgIpc) is 3.23.